The summed E-state index contributed by atoms with van der Waals surface area (Å²) in [6, 6.07) is 1.51. The van der Waals surface area contributed by atoms with Crippen LogP contribution in [-0.2, 0) is 0 Å². The van der Waals surface area contributed by atoms with Gasteiger partial charge < -0.3 is 10.4 Å². The highest BCUT2D eigenvalue weighted by Crippen LogP contribution is 2.21. The Morgan fingerprint density at radius 1 is 1.23 bits per heavy atom. The molecule has 2 fully saturated rings. The van der Waals surface area contributed by atoms with Crippen LogP contribution in [-0.4, -0.2) is 48.3 Å². The fourth-order valence-corrected chi connectivity index (χ4v) is 2.12. The molecule has 1 unspecified atom stereocenters. The molecule has 1 saturated carbocycles. The van der Waals surface area contributed by atoms with Gasteiger partial charge in [0.1, 0.15) is 0 Å². The van der Waals surface area contributed by atoms with Gasteiger partial charge in [-0.3, -0.25) is 4.90 Å². The number of aliphatic hydroxyl groups is 1. The van der Waals surface area contributed by atoms with Gasteiger partial charge in [-0.1, -0.05) is 0 Å². The van der Waals surface area contributed by atoms with Gasteiger partial charge in [-0.2, -0.15) is 0 Å². The number of piperidine rings is 1. The second-order valence-electron chi connectivity index (χ2n) is 4.30. The fourth-order valence-electron chi connectivity index (χ4n) is 2.12. The first-order chi connectivity index (χ1) is 6.38. The Bertz CT molecular complexity index is 157. The highest BCUT2D eigenvalue weighted by atomic mass is 16.3. The van der Waals surface area contributed by atoms with Crippen LogP contribution in [0.15, 0.2) is 0 Å². The second kappa shape index (κ2) is 4.40. The van der Waals surface area contributed by atoms with E-state index in [1.165, 1.54) is 32.2 Å². The Labute approximate surface area is 80.1 Å². The average molecular weight is 184 g/mol. The highest BCUT2D eigenvalue weighted by molar-refractivity contribution is 4.87. The van der Waals surface area contributed by atoms with Crippen LogP contribution in [0.25, 0.3) is 0 Å². The Morgan fingerprint density at radius 2 is 2.08 bits per heavy atom. The SMILES string of the molecule is OCCN1CCCC(NC2CC2)C1. The molecule has 0 spiro atoms. The zero-order chi connectivity index (χ0) is 9.10. The summed E-state index contributed by atoms with van der Waals surface area (Å²) in [6.07, 6.45) is 5.34. The Morgan fingerprint density at radius 3 is 2.77 bits per heavy atom. The first-order valence-corrected chi connectivity index (χ1v) is 5.48. The molecule has 0 aromatic carbocycles. The third-order valence-electron chi connectivity index (χ3n) is 2.97. The van der Waals surface area contributed by atoms with Crippen molar-refractivity contribution in [1.82, 2.24) is 10.2 Å². The lowest BCUT2D eigenvalue weighted by Crippen LogP contribution is -2.47. The number of nitrogens with zero attached hydrogens (tertiary/aromatic N) is 1. The standard InChI is InChI=1S/C10H20N2O/c13-7-6-12-5-1-2-10(8-12)11-9-3-4-9/h9-11,13H,1-8H2. The molecule has 1 aliphatic carbocycles. The van der Waals surface area contributed by atoms with E-state index in [0.717, 1.165) is 19.1 Å². The van der Waals surface area contributed by atoms with Gasteiger partial charge in [-0.05, 0) is 32.2 Å². The van der Waals surface area contributed by atoms with Gasteiger partial charge in [0.2, 0.25) is 0 Å². The van der Waals surface area contributed by atoms with Crippen LogP contribution in [0, 0.1) is 0 Å². The molecule has 0 aromatic heterocycles. The van der Waals surface area contributed by atoms with Crippen molar-refractivity contribution in [3.05, 3.63) is 0 Å². The monoisotopic (exact) mass is 184 g/mol. The van der Waals surface area contributed by atoms with Gasteiger partial charge in [-0.15, -0.1) is 0 Å². The zero-order valence-electron chi connectivity index (χ0n) is 8.21. The van der Waals surface area contributed by atoms with Crippen LogP contribution in [0.2, 0.25) is 0 Å². The predicted octanol–water partition coefficient (Wildman–Crippen LogP) is 0.195. The van der Waals surface area contributed by atoms with Crippen LogP contribution >= 0.6 is 0 Å². The zero-order valence-corrected chi connectivity index (χ0v) is 8.21. The molecule has 0 bridgehead atoms. The van der Waals surface area contributed by atoms with E-state index in [1.807, 2.05) is 0 Å². The molecule has 1 saturated heterocycles. The molecular weight excluding hydrogens is 164 g/mol. The normalized spacial score (nSPS) is 30.7. The summed E-state index contributed by atoms with van der Waals surface area (Å²) in [6.45, 7) is 3.46. The molecule has 13 heavy (non-hydrogen) atoms. The number of hydrogen-bond acceptors (Lipinski definition) is 3. The minimum absolute atomic E-state index is 0.302. The summed E-state index contributed by atoms with van der Waals surface area (Å²) in [5.41, 5.74) is 0. The Balaban J connectivity index is 1.70. The number of aliphatic hydroxyl groups excluding tert-OH is 1. The first-order valence-electron chi connectivity index (χ1n) is 5.48. The van der Waals surface area contributed by atoms with Gasteiger partial charge in [-0.25, -0.2) is 0 Å². The van der Waals surface area contributed by atoms with E-state index in [0.29, 0.717) is 12.6 Å². The molecule has 0 amide bonds. The molecular formula is C10H20N2O. The van der Waals surface area contributed by atoms with E-state index in [1.54, 1.807) is 0 Å². The van der Waals surface area contributed by atoms with E-state index in [9.17, 15) is 0 Å². The largest absolute Gasteiger partial charge is 0.395 e. The lowest BCUT2D eigenvalue weighted by atomic mass is 10.1. The summed E-state index contributed by atoms with van der Waals surface area (Å²) in [4.78, 5) is 2.36. The third kappa shape index (κ3) is 2.93. The quantitative estimate of drug-likeness (QED) is 0.655. The average Bonchev–Trinajstić information content (AvgIpc) is 2.90. The molecule has 2 rings (SSSR count). The van der Waals surface area contributed by atoms with Gasteiger partial charge >= 0.3 is 0 Å². The number of nitrogens with one attached hydrogen (secondary N) is 1. The molecule has 0 aromatic rings. The van der Waals surface area contributed by atoms with Crippen LogP contribution in [0.5, 0.6) is 0 Å². The predicted molar refractivity (Wildman–Crippen MR) is 52.7 cm³/mol. The molecule has 3 heteroatoms. The van der Waals surface area contributed by atoms with E-state index >= 15 is 0 Å². The minimum Gasteiger partial charge on any atom is -0.395 e. The van der Waals surface area contributed by atoms with Gasteiger partial charge in [0.25, 0.3) is 0 Å². The van der Waals surface area contributed by atoms with Crippen molar-refractivity contribution in [2.75, 3.05) is 26.2 Å². The van der Waals surface area contributed by atoms with E-state index < -0.39 is 0 Å². The van der Waals surface area contributed by atoms with E-state index in [2.05, 4.69) is 10.2 Å². The van der Waals surface area contributed by atoms with Crippen LogP contribution in [0.1, 0.15) is 25.7 Å². The fraction of sp³-hybridized carbons (Fsp3) is 1.00. The number of hydrogen-bond donors (Lipinski definition) is 2. The molecule has 1 aliphatic heterocycles. The molecule has 0 radical (unpaired) electrons. The topological polar surface area (TPSA) is 35.5 Å². The molecule has 1 heterocycles. The van der Waals surface area contributed by atoms with Crippen molar-refractivity contribution < 1.29 is 5.11 Å². The van der Waals surface area contributed by atoms with Crippen LogP contribution in [0.4, 0.5) is 0 Å². The van der Waals surface area contributed by atoms with Gasteiger partial charge in [0.05, 0.1) is 6.61 Å². The van der Waals surface area contributed by atoms with Gasteiger partial charge in [0, 0.05) is 25.2 Å². The van der Waals surface area contributed by atoms with Crippen molar-refractivity contribution in [2.24, 2.45) is 0 Å². The molecule has 2 N–H and O–H groups in total. The summed E-state index contributed by atoms with van der Waals surface area (Å²) in [5.74, 6) is 0. The number of likely N-dealkylation sites (tertiary alicyclic amines) is 1. The smallest absolute Gasteiger partial charge is 0.0558 e. The maximum Gasteiger partial charge on any atom is 0.0558 e. The van der Waals surface area contributed by atoms with E-state index in [-0.39, 0.29) is 0 Å². The third-order valence-corrected chi connectivity index (χ3v) is 2.97. The summed E-state index contributed by atoms with van der Waals surface area (Å²) in [5, 5.41) is 12.5. The highest BCUT2D eigenvalue weighted by Gasteiger charge is 2.27. The molecule has 76 valence electrons. The summed E-state index contributed by atoms with van der Waals surface area (Å²) >= 11 is 0. The number of rotatable bonds is 4. The lowest BCUT2D eigenvalue weighted by Gasteiger charge is -2.32. The minimum atomic E-state index is 0.302. The van der Waals surface area contributed by atoms with Crippen molar-refractivity contribution in [3.63, 3.8) is 0 Å². The van der Waals surface area contributed by atoms with Crippen LogP contribution in [0.3, 0.4) is 0 Å². The second-order valence-corrected chi connectivity index (χ2v) is 4.30. The van der Waals surface area contributed by atoms with Crippen molar-refractivity contribution in [2.45, 2.75) is 37.8 Å². The van der Waals surface area contributed by atoms with Crippen LogP contribution < -0.4 is 5.32 Å². The summed E-state index contributed by atoms with van der Waals surface area (Å²) in [7, 11) is 0. The first kappa shape index (κ1) is 9.44. The molecule has 2 aliphatic rings. The van der Waals surface area contributed by atoms with Gasteiger partial charge in [0.15, 0.2) is 0 Å². The van der Waals surface area contributed by atoms with Crippen molar-refractivity contribution >= 4 is 0 Å². The maximum absolute atomic E-state index is 8.84. The lowest BCUT2D eigenvalue weighted by molar-refractivity contribution is 0.151. The maximum atomic E-state index is 8.84. The molecule has 1 atom stereocenters. The molecule has 3 nitrogen and oxygen atoms in total. The van der Waals surface area contributed by atoms with Crippen molar-refractivity contribution in [3.8, 4) is 0 Å². The summed E-state index contributed by atoms with van der Waals surface area (Å²) < 4.78 is 0. The Hall–Kier alpha value is -0.120. The van der Waals surface area contributed by atoms with Crippen molar-refractivity contribution in [1.29, 1.82) is 0 Å². The Kier molecular flexibility index (Phi) is 3.19. The van der Waals surface area contributed by atoms with E-state index in [4.69, 9.17) is 5.11 Å². The number of β-amino-alcohol motifs (C(OH)–C–C–N with tert-alkyl or cyclic N) is 1.